The first-order valence-corrected chi connectivity index (χ1v) is 6.44. The van der Waals surface area contributed by atoms with E-state index in [-0.39, 0.29) is 0 Å². The standard InChI is InChI=1S/C10H12BrNS/c11-9-4-6-3-7-5-12-2-1-8(7)10(6)13-9/h4,7-8,12H,1-3,5H2. The van der Waals surface area contributed by atoms with E-state index in [4.69, 9.17) is 0 Å². The van der Waals surface area contributed by atoms with Crippen LogP contribution in [0, 0.1) is 5.92 Å². The van der Waals surface area contributed by atoms with Gasteiger partial charge in [-0.25, -0.2) is 0 Å². The van der Waals surface area contributed by atoms with E-state index in [1.54, 1.807) is 10.4 Å². The first-order chi connectivity index (χ1) is 6.34. The van der Waals surface area contributed by atoms with Crippen LogP contribution in [0.2, 0.25) is 0 Å². The topological polar surface area (TPSA) is 12.0 Å². The van der Waals surface area contributed by atoms with Crippen LogP contribution in [0.5, 0.6) is 0 Å². The van der Waals surface area contributed by atoms with Gasteiger partial charge in [0.05, 0.1) is 3.79 Å². The third kappa shape index (κ3) is 1.29. The van der Waals surface area contributed by atoms with Crippen molar-refractivity contribution in [3.63, 3.8) is 0 Å². The minimum Gasteiger partial charge on any atom is -0.316 e. The Bertz CT molecular complexity index is 334. The minimum absolute atomic E-state index is 0.868. The molecule has 1 nitrogen and oxygen atoms in total. The van der Waals surface area contributed by atoms with Crippen molar-refractivity contribution in [3.05, 3.63) is 20.3 Å². The highest BCUT2D eigenvalue weighted by Gasteiger charge is 2.35. The highest BCUT2D eigenvalue weighted by Crippen LogP contribution is 2.46. The molecule has 1 aliphatic carbocycles. The van der Waals surface area contributed by atoms with Crippen molar-refractivity contribution < 1.29 is 0 Å². The Morgan fingerprint density at radius 1 is 1.54 bits per heavy atom. The molecule has 2 atom stereocenters. The van der Waals surface area contributed by atoms with E-state index in [1.165, 1.54) is 29.7 Å². The van der Waals surface area contributed by atoms with Crippen LogP contribution in [0.25, 0.3) is 0 Å². The summed E-state index contributed by atoms with van der Waals surface area (Å²) < 4.78 is 1.31. The van der Waals surface area contributed by atoms with Gasteiger partial charge in [0.2, 0.25) is 0 Å². The van der Waals surface area contributed by atoms with Crippen molar-refractivity contribution in [1.29, 1.82) is 0 Å². The summed E-state index contributed by atoms with van der Waals surface area (Å²) in [5, 5.41) is 3.49. The molecule has 70 valence electrons. The van der Waals surface area contributed by atoms with E-state index in [2.05, 4.69) is 27.3 Å². The van der Waals surface area contributed by atoms with Crippen molar-refractivity contribution in [2.45, 2.75) is 18.8 Å². The molecule has 0 amide bonds. The van der Waals surface area contributed by atoms with Crippen LogP contribution in [0.1, 0.15) is 22.8 Å². The maximum atomic E-state index is 3.58. The molecular weight excluding hydrogens is 246 g/mol. The van der Waals surface area contributed by atoms with Crippen LogP contribution in [-0.2, 0) is 6.42 Å². The van der Waals surface area contributed by atoms with Crippen LogP contribution >= 0.6 is 27.3 Å². The maximum Gasteiger partial charge on any atom is 0.0704 e. The van der Waals surface area contributed by atoms with Crippen LogP contribution in [-0.4, -0.2) is 13.1 Å². The summed E-state index contributed by atoms with van der Waals surface area (Å²) in [5.41, 5.74) is 1.61. The highest BCUT2D eigenvalue weighted by atomic mass is 79.9. The predicted octanol–water partition coefficient (Wildman–Crippen LogP) is 2.76. The Hall–Kier alpha value is 0.140. The molecule has 2 aliphatic rings. The normalized spacial score (nSPS) is 31.5. The molecule has 3 rings (SSSR count). The van der Waals surface area contributed by atoms with Gasteiger partial charge in [-0.05, 0) is 65.3 Å². The molecule has 1 aliphatic heterocycles. The van der Waals surface area contributed by atoms with Gasteiger partial charge in [0, 0.05) is 4.88 Å². The quantitative estimate of drug-likeness (QED) is 0.754. The lowest BCUT2D eigenvalue weighted by atomic mass is 9.90. The Balaban J connectivity index is 1.98. The van der Waals surface area contributed by atoms with Gasteiger partial charge in [0.15, 0.2) is 0 Å². The number of hydrogen-bond acceptors (Lipinski definition) is 2. The van der Waals surface area contributed by atoms with Gasteiger partial charge in [-0.1, -0.05) is 0 Å². The van der Waals surface area contributed by atoms with E-state index >= 15 is 0 Å². The van der Waals surface area contributed by atoms with Gasteiger partial charge in [0.25, 0.3) is 0 Å². The van der Waals surface area contributed by atoms with E-state index in [1.807, 2.05) is 11.3 Å². The molecule has 1 aromatic heterocycles. The Kier molecular flexibility index (Phi) is 2.00. The summed E-state index contributed by atoms with van der Waals surface area (Å²) in [6.07, 6.45) is 2.64. The molecule has 0 aromatic carbocycles. The van der Waals surface area contributed by atoms with Crippen molar-refractivity contribution in [3.8, 4) is 0 Å². The van der Waals surface area contributed by atoms with Gasteiger partial charge < -0.3 is 5.32 Å². The Morgan fingerprint density at radius 3 is 3.38 bits per heavy atom. The van der Waals surface area contributed by atoms with Crippen LogP contribution in [0.15, 0.2) is 9.85 Å². The van der Waals surface area contributed by atoms with Crippen LogP contribution in [0.4, 0.5) is 0 Å². The zero-order valence-electron chi connectivity index (χ0n) is 7.35. The van der Waals surface area contributed by atoms with Crippen molar-refractivity contribution in [2.75, 3.05) is 13.1 Å². The molecule has 2 unspecified atom stereocenters. The number of hydrogen-bond donors (Lipinski definition) is 1. The Morgan fingerprint density at radius 2 is 2.46 bits per heavy atom. The van der Waals surface area contributed by atoms with Crippen LogP contribution < -0.4 is 5.32 Å². The number of halogens is 1. The lowest BCUT2D eigenvalue weighted by molar-refractivity contribution is 0.351. The molecule has 0 radical (unpaired) electrons. The molecule has 1 N–H and O–H groups in total. The summed E-state index contributed by atoms with van der Waals surface area (Å²) in [6, 6.07) is 2.32. The third-order valence-electron chi connectivity index (χ3n) is 3.24. The third-order valence-corrected chi connectivity index (χ3v) is 5.05. The van der Waals surface area contributed by atoms with E-state index in [9.17, 15) is 0 Å². The molecule has 1 saturated heterocycles. The fourth-order valence-corrected chi connectivity index (χ4v) is 4.59. The average Bonchev–Trinajstić information content (AvgIpc) is 2.60. The molecule has 1 aromatic rings. The number of rotatable bonds is 0. The van der Waals surface area contributed by atoms with Crippen molar-refractivity contribution in [1.82, 2.24) is 5.32 Å². The molecule has 0 spiro atoms. The van der Waals surface area contributed by atoms with Crippen molar-refractivity contribution >= 4 is 27.3 Å². The molecule has 2 heterocycles. The molecular formula is C10H12BrNS. The predicted molar refractivity (Wildman–Crippen MR) is 59.4 cm³/mol. The first kappa shape index (κ1) is 8.45. The second-order valence-electron chi connectivity index (χ2n) is 4.00. The second kappa shape index (κ2) is 3.07. The summed E-state index contributed by atoms with van der Waals surface area (Å²) in [5.74, 6) is 1.76. The fraction of sp³-hybridized carbons (Fsp3) is 0.600. The highest BCUT2D eigenvalue weighted by molar-refractivity contribution is 9.11. The van der Waals surface area contributed by atoms with Gasteiger partial charge in [0.1, 0.15) is 0 Å². The molecule has 13 heavy (non-hydrogen) atoms. The molecule has 0 bridgehead atoms. The smallest absolute Gasteiger partial charge is 0.0704 e. The summed E-state index contributed by atoms with van der Waals surface area (Å²) in [6.45, 7) is 2.43. The lowest BCUT2D eigenvalue weighted by Crippen LogP contribution is -2.33. The maximum absolute atomic E-state index is 3.58. The molecule has 1 fully saturated rings. The summed E-state index contributed by atoms with van der Waals surface area (Å²) in [7, 11) is 0. The summed E-state index contributed by atoms with van der Waals surface area (Å²) in [4.78, 5) is 1.67. The zero-order chi connectivity index (χ0) is 8.84. The van der Waals surface area contributed by atoms with Gasteiger partial charge in [-0.15, -0.1) is 11.3 Å². The zero-order valence-corrected chi connectivity index (χ0v) is 9.75. The minimum atomic E-state index is 0.868. The van der Waals surface area contributed by atoms with Crippen LogP contribution in [0.3, 0.4) is 0 Å². The van der Waals surface area contributed by atoms with Gasteiger partial charge in [-0.2, -0.15) is 0 Å². The van der Waals surface area contributed by atoms with E-state index < -0.39 is 0 Å². The van der Waals surface area contributed by atoms with Gasteiger partial charge >= 0.3 is 0 Å². The average molecular weight is 258 g/mol. The first-order valence-electron chi connectivity index (χ1n) is 4.83. The number of fused-ring (bicyclic) bond motifs is 3. The number of piperidine rings is 1. The summed E-state index contributed by atoms with van der Waals surface area (Å²) >= 11 is 5.53. The second-order valence-corrected chi connectivity index (χ2v) is 6.47. The SMILES string of the molecule is Brc1cc2c(s1)C1CCNCC1C2. The van der Waals surface area contributed by atoms with E-state index in [0.717, 1.165) is 11.8 Å². The number of nitrogens with one attached hydrogen (secondary N) is 1. The fourth-order valence-electron chi connectivity index (χ4n) is 2.65. The van der Waals surface area contributed by atoms with Crippen molar-refractivity contribution in [2.24, 2.45) is 5.92 Å². The molecule has 0 saturated carbocycles. The lowest BCUT2D eigenvalue weighted by Gasteiger charge is -2.26. The molecule has 3 heteroatoms. The largest absolute Gasteiger partial charge is 0.316 e. The number of thiophene rings is 1. The van der Waals surface area contributed by atoms with Gasteiger partial charge in [-0.3, -0.25) is 0 Å². The van der Waals surface area contributed by atoms with E-state index in [0.29, 0.717) is 0 Å². The Labute approximate surface area is 90.7 Å². The monoisotopic (exact) mass is 257 g/mol.